The van der Waals surface area contributed by atoms with Gasteiger partial charge in [-0.2, -0.15) is 0 Å². The normalized spacial score (nSPS) is 14.7. The first kappa shape index (κ1) is 32.7. The zero-order valence-electron chi connectivity index (χ0n) is 27.9. The number of fused-ring (bicyclic) bond motifs is 1. The van der Waals surface area contributed by atoms with E-state index in [4.69, 9.17) is 18.9 Å². The van der Waals surface area contributed by atoms with Gasteiger partial charge in [0.05, 0.1) is 11.1 Å². The minimum Gasteiger partial charge on any atom is -0.488 e. The highest BCUT2D eigenvalue weighted by Crippen LogP contribution is 2.48. The predicted octanol–water partition coefficient (Wildman–Crippen LogP) is 9.98. The van der Waals surface area contributed by atoms with Crippen LogP contribution in [-0.2, 0) is 22.4 Å². The zero-order valence-corrected chi connectivity index (χ0v) is 27.9. The molecule has 3 rings (SSSR count). The molecule has 2 heterocycles. The van der Waals surface area contributed by atoms with E-state index in [1.165, 1.54) is 0 Å². The Hall–Kier alpha value is -2.82. The summed E-state index contributed by atoms with van der Waals surface area (Å²) in [6.45, 7) is 27.2. The topological polar surface area (TPSA) is 61.6 Å². The molecule has 2 aromatic heterocycles. The Morgan fingerprint density at radius 2 is 1.46 bits per heavy atom. The molecule has 0 bridgehead atoms. The maximum Gasteiger partial charge on any atom is 0.312 e. The first-order valence-electron chi connectivity index (χ1n) is 15.1. The van der Waals surface area contributed by atoms with Crippen molar-refractivity contribution < 1.29 is 18.7 Å². The van der Waals surface area contributed by atoms with Crippen LogP contribution in [0.2, 0.25) is 0 Å². The van der Waals surface area contributed by atoms with Crippen molar-refractivity contribution in [2.45, 2.75) is 127 Å². The third-order valence-corrected chi connectivity index (χ3v) is 8.09. The molecule has 3 aromatic rings. The minimum atomic E-state index is -0.721. The van der Waals surface area contributed by atoms with Crippen LogP contribution in [0.15, 0.2) is 40.8 Å². The second-order valence-corrected chi connectivity index (χ2v) is 15.3. The average Bonchev–Trinajstić information content (AvgIpc) is 3.23. The number of ether oxygens (including phenoxy) is 2. The number of rotatable bonds is 10. The van der Waals surface area contributed by atoms with Crippen LogP contribution in [-0.4, -0.2) is 22.2 Å². The summed E-state index contributed by atoms with van der Waals surface area (Å²) in [5, 5.41) is 1.02. The summed E-state index contributed by atoms with van der Waals surface area (Å²) in [6, 6.07) is 12.2. The Bertz CT molecular complexity index is 1370. The lowest BCUT2D eigenvalue weighted by Crippen LogP contribution is -2.48. The molecule has 0 aliphatic heterocycles. The minimum absolute atomic E-state index is 0.00842. The van der Waals surface area contributed by atoms with Crippen molar-refractivity contribution in [2.75, 3.05) is 0 Å². The number of aromatic nitrogens is 1. The number of carbonyl (C=O) groups is 1. The maximum atomic E-state index is 13.7. The lowest BCUT2D eigenvalue weighted by molar-refractivity contribution is -0.181. The number of benzene rings is 1. The maximum absolute atomic E-state index is 13.7. The fraction of sp³-hybridized carbons (Fsp3) is 0.611. The molecule has 0 fully saturated rings. The summed E-state index contributed by atoms with van der Waals surface area (Å²) in [6.07, 6.45) is 3.02. The van der Waals surface area contributed by atoms with Gasteiger partial charge in [-0.3, -0.25) is 9.78 Å². The van der Waals surface area contributed by atoms with Gasteiger partial charge in [-0.05, 0) is 95.0 Å². The Morgan fingerprint density at radius 1 is 0.805 bits per heavy atom. The molecule has 0 aliphatic rings. The lowest BCUT2D eigenvalue weighted by atomic mass is 9.61. The number of aryl methyl sites for hydroxylation is 2. The zero-order chi connectivity index (χ0) is 31.0. The van der Waals surface area contributed by atoms with Crippen molar-refractivity contribution in [3.8, 4) is 17.1 Å². The molecule has 1 atom stereocenters. The number of hydrogen-bond acceptors (Lipinski definition) is 5. The molecule has 0 saturated heterocycles. The number of pyridine rings is 1. The predicted molar refractivity (Wildman–Crippen MR) is 169 cm³/mol. The van der Waals surface area contributed by atoms with Gasteiger partial charge in [0.15, 0.2) is 0 Å². The van der Waals surface area contributed by atoms with Crippen molar-refractivity contribution >= 4 is 16.9 Å². The highest BCUT2D eigenvalue weighted by molar-refractivity contribution is 5.84. The van der Waals surface area contributed by atoms with Crippen LogP contribution < -0.4 is 4.74 Å². The van der Waals surface area contributed by atoms with Crippen LogP contribution in [0.25, 0.3) is 22.3 Å². The van der Waals surface area contributed by atoms with Crippen LogP contribution in [0, 0.1) is 16.2 Å². The Balaban J connectivity index is 1.79. The molecule has 5 nitrogen and oxygen atoms in total. The quantitative estimate of drug-likeness (QED) is 0.230. The van der Waals surface area contributed by atoms with E-state index in [0.29, 0.717) is 12.2 Å². The first-order chi connectivity index (χ1) is 18.7. The molecule has 0 N–H and O–H groups in total. The summed E-state index contributed by atoms with van der Waals surface area (Å²) in [5.74, 6) is 1.37. The molecule has 0 radical (unpaired) electrons. The number of nitrogens with zero attached hydrogens (tertiary/aromatic N) is 1. The third kappa shape index (κ3) is 7.93. The van der Waals surface area contributed by atoms with Crippen LogP contribution in [0.5, 0.6) is 5.75 Å². The van der Waals surface area contributed by atoms with Gasteiger partial charge in [0, 0.05) is 29.1 Å². The molecular formula is C36H53NO4. The molecule has 0 spiro atoms. The van der Waals surface area contributed by atoms with Gasteiger partial charge < -0.3 is 13.9 Å². The molecule has 41 heavy (non-hydrogen) atoms. The summed E-state index contributed by atoms with van der Waals surface area (Å²) in [7, 11) is 0. The molecule has 0 aliphatic carbocycles. The fourth-order valence-electron chi connectivity index (χ4n) is 5.93. The Morgan fingerprint density at radius 3 is 2.02 bits per heavy atom. The molecule has 0 amide bonds. The monoisotopic (exact) mass is 563 g/mol. The van der Waals surface area contributed by atoms with Gasteiger partial charge >= 0.3 is 5.97 Å². The van der Waals surface area contributed by atoms with Crippen molar-refractivity contribution in [1.82, 2.24) is 4.98 Å². The Kier molecular flexibility index (Phi) is 9.13. The van der Waals surface area contributed by atoms with Crippen molar-refractivity contribution in [1.29, 1.82) is 0 Å². The van der Waals surface area contributed by atoms with Crippen LogP contribution in [0.4, 0.5) is 0 Å². The van der Waals surface area contributed by atoms with Gasteiger partial charge in [0.25, 0.3) is 0 Å². The number of furan rings is 1. The van der Waals surface area contributed by atoms with Crippen LogP contribution in [0.3, 0.4) is 0 Å². The standard InChI is InChI=1S/C36H53NO4/c1-14-25-17-19-27(28(15-2)37-25)30-20-24-16-18-26(21-29(24)39-30)40-34(9,10)23-35(11,12)41-31(38)36(13,33(6,7)8)22-32(3,4)5/h16-21H,14-15,22-23H2,1-13H3. The number of hydrogen-bond donors (Lipinski definition) is 0. The van der Waals surface area contributed by atoms with E-state index in [-0.39, 0.29) is 16.8 Å². The van der Waals surface area contributed by atoms with E-state index in [2.05, 4.69) is 73.6 Å². The third-order valence-electron chi connectivity index (χ3n) is 8.09. The van der Waals surface area contributed by atoms with Gasteiger partial charge in [-0.25, -0.2) is 0 Å². The molecule has 1 aromatic carbocycles. The van der Waals surface area contributed by atoms with Crippen molar-refractivity contribution in [3.05, 3.63) is 47.8 Å². The van der Waals surface area contributed by atoms with E-state index < -0.39 is 16.6 Å². The highest BCUT2D eigenvalue weighted by Gasteiger charge is 2.49. The van der Waals surface area contributed by atoms with Gasteiger partial charge in [-0.1, -0.05) is 55.4 Å². The van der Waals surface area contributed by atoms with Gasteiger partial charge in [0.1, 0.15) is 28.3 Å². The largest absolute Gasteiger partial charge is 0.488 e. The van der Waals surface area contributed by atoms with Crippen LogP contribution >= 0.6 is 0 Å². The number of carbonyl (C=O) groups excluding carboxylic acids is 1. The van der Waals surface area contributed by atoms with E-state index in [0.717, 1.165) is 52.9 Å². The second-order valence-electron chi connectivity index (χ2n) is 15.3. The summed E-state index contributed by atoms with van der Waals surface area (Å²) in [4.78, 5) is 18.5. The second kappa shape index (κ2) is 11.5. The summed E-state index contributed by atoms with van der Waals surface area (Å²) in [5.41, 5.74) is 1.73. The van der Waals surface area contributed by atoms with Gasteiger partial charge in [0.2, 0.25) is 0 Å². The molecular weight excluding hydrogens is 510 g/mol. The van der Waals surface area contributed by atoms with E-state index in [1.54, 1.807) is 0 Å². The van der Waals surface area contributed by atoms with Gasteiger partial charge in [-0.15, -0.1) is 0 Å². The molecule has 5 heteroatoms. The Labute approximate surface area is 248 Å². The molecule has 1 unspecified atom stereocenters. The first-order valence-corrected chi connectivity index (χ1v) is 15.1. The number of esters is 1. The van der Waals surface area contributed by atoms with E-state index in [1.807, 2.05) is 52.8 Å². The SMILES string of the molecule is CCc1ccc(-c2cc3ccc(OC(C)(C)CC(C)(C)OC(=O)C(C)(CC(C)(C)C)C(C)(C)C)cc3o2)c(CC)n1. The van der Waals surface area contributed by atoms with E-state index >= 15 is 0 Å². The fourth-order valence-corrected chi connectivity index (χ4v) is 5.93. The molecule has 0 saturated carbocycles. The van der Waals surface area contributed by atoms with E-state index in [9.17, 15) is 4.79 Å². The lowest BCUT2D eigenvalue weighted by Gasteiger charge is -2.45. The van der Waals surface area contributed by atoms with Crippen molar-refractivity contribution in [3.63, 3.8) is 0 Å². The smallest absolute Gasteiger partial charge is 0.312 e. The summed E-state index contributed by atoms with van der Waals surface area (Å²) >= 11 is 0. The van der Waals surface area contributed by atoms with Crippen molar-refractivity contribution in [2.24, 2.45) is 16.2 Å². The van der Waals surface area contributed by atoms with Crippen LogP contribution in [0.1, 0.15) is 114 Å². The highest BCUT2D eigenvalue weighted by atomic mass is 16.6. The molecule has 226 valence electrons. The summed E-state index contributed by atoms with van der Waals surface area (Å²) < 4.78 is 19.1. The average molecular weight is 564 g/mol.